The second-order valence-electron chi connectivity index (χ2n) is 8.76. The minimum absolute atomic E-state index is 0.0510. The lowest BCUT2D eigenvalue weighted by Crippen LogP contribution is -2.47. The van der Waals surface area contributed by atoms with Gasteiger partial charge in [0.2, 0.25) is 0 Å². The maximum absolute atomic E-state index is 14.8. The number of esters is 1. The van der Waals surface area contributed by atoms with Gasteiger partial charge in [0.1, 0.15) is 11.9 Å². The lowest BCUT2D eigenvalue weighted by Gasteiger charge is -2.37. The molecule has 0 spiro atoms. The van der Waals surface area contributed by atoms with Crippen LogP contribution in [0.5, 0.6) is 0 Å². The first-order valence-corrected chi connectivity index (χ1v) is 12.2. The average molecular weight is 561 g/mol. The first kappa shape index (κ1) is 29.6. The first-order valence-electron chi connectivity index (χ1n) is 11.9. The second-order valence-corrected chi connectivity index (χ2v) is 9.20. The number of halogens is 5. The number of amides is 1. The third-order valence-electron chi connectivity index (χ3n) is 6.13. The molecule has 0 radical (unpaired) electrons. The molecule has 38 heavy (non-hydrogen) atoms. The predicted molar refractivity (Wildman–Crippen MR) is 135 cm³/mol. The summed E-state index contributed by atoms with van der Waals surface area (Å²) in [4.78, 5) is 28.1. The number of hydrogen-bond donors (Lipinski definition) is 3. The van der Waals surface area contributed by atoms with Crippen molar-refractivity contribution in [1.29, 1.82) is 0 Å². The van der Waals surface area contributed by atoms with Crippen LogP contribution in [-0.4, -0.2) is 80.5 Å². The molecule has 1 aliphatic heterocycles. The summed E-state index contributed by atoms with van der Waals surface area (Å²) in [6.45, 7) is 1.15. The Kier molecular flexibility index (Phi) is 10.3. The molecule has 0 aliphatic carbocycles. The van der Waals surface area contributed by atoms with E-state index in [9.17, 15) is 32.3 Å². The number of methoxy groups -OCH3 is 1. The van der Waals surface area contributed by atoms with Crippen molar-refractivity contribution >= 4 is 34.9 Å². The van der Waals surface area contributed by atoms with Crippen molar-refractivity contribution in [3.63, 3.8) is 0 Å². The fourth-order valence-electron chi connectivity index (χ4n) is 4.02. The molecule has 0 unspecified atom stereocenters. The Labute approximate surface area is 222 Å². The lowest BCUT2D eigenvalue weighted by molar-refractivity contribution is -0.144. The van der Waals surface area contributed by atoms with Crippen LogP contribution in [0.15, 0.2) is 36.4 Å². The van der Waals surface area contributed by atoms with Gasteiger partial charge in [0, 0.05) is 44.3 Å². The summed E-state index contributed by atoms with van der Waals surface area (Å²) in [7, 11) is 1.18. The third kappa shape index (κ3) is 8.29. The van der Waals surface area contributed by atoms with Crippen LogP contribution in [0.3, 0.4) is 0 Å². The van der Waals surface area contributed by atoms with Crippen molar-refractivity contribution in [3.8, 4) is 0 Å². The Morgan fingerprint density at radius 3 is 2.45 bits per heavy atom. The maximum Gasteiger partial charge on any atom is 0.390 e. The number of ether oxygens (including phenoxy) is 1. The Balaban J connectivity index is 1.66. The minimum Gasteiger partial charge on any atom is -0.468 e. The first-order chi connectivity index (χ1) is 18.0. The number of aliphatic hydroxyl groups is 1. The van der Waals surface area contributed by atoms with E-state index in [1.807, 2.05) is 4.90 Å². The zero-order valence-corrected chi connectivity index (χ0v) is 21.4. The summed E-state index contributed by atoms with van der Waals surface area (Å²) in [5.74, 6) is -2.14. The molecular weight excluding hydrogens is 532 g/mol. The molecule has 208 valence electrons. The number of carbonyl (C=O) groups is 2. The number of aliphatic hydroxyl groups excluding tert-OH is 1. The summed E-state index contributed by atoms with van der Waals surface area (Å²) in [6, 6.07) is 7.81. The van der Waals surface area contributed by atoms with Gasteiger partial charge < -0.3 is 20.1 Å². The van der Waals surface area contributed by atoms with Crippen molar-refractivity contribution < 1.29 is 37.0 Å². The summed E-state index contributed by atoms with van der Waals surface area (Å²) in [5, 5.41) is 15.1. The molecule has 1 heterocycles. The average Bonchev–Trinajstić information content (AvgIpc) is 2.88. The van der Waals surface area contributed by atoms with Gasteiger partial charge in [0.15, 0.2) is 0 Å². The van der Waals surface area contributed by atoms with Crippen LogP contribution in [0.4, 0.5) is 28.9 Å². The number of alkyl halides is 3. The summed E-state index contributed by atoms with van der Waals surface area (Å²) < 4.78 is 57.0. The molecule has 1 aliphatic rings. The van der Waals surface area contributed by atoms with Gasteiger partial charge >= 0.3 is 12.1 Å². The Bertz CT molecular complexity index is 1130. The number of carbonyl (C=O) groups excluding carboxylic acids is 2. The molecule has 0 aromatic heterocycles. The second kappa shape index (κ2) is 13.2. The number of hydrogen-bond acceptors (Lipinski definition) is 7. The van der Waals surface area contributed by atoms with Crippen molar-refractivity contribution in [3.05, 3.63) is 58.4 Å². The number of piperazine rings is 1. The maximum atomic E-state index is 14.8. The SMILES string of the molecule is COC(=O)[C@H](CO)NCc1ccc(C(=O)Nc2ccc(Cl)cc2N2CCN(CCC(F)(F)F)CC2)c(F)c1. The Hall–Kier alpha value is -2.93. The van der Waals surface area contributed by atoms with E-state index in [-0.39, 0.29) is 18.7 Å². The molecule has 1 fully saturated rings. The van der Waals surface area contributed by atoms with Crippen LogP contribution in [0.2, 0.25) is 5.02 Å². The minimum atomic E-state index is -4.21. The molecule has 0 saturated carbocycles. The smallest absolute Gasteiger partial charge is 0.390 e. The van der Waals surface area contributed by atoms with E-state index in [0.717, 1.165) is 6.07 Å². The zero-order valence-electron chi connectivity index (χ0n) is 20.7. The molecule has 8 nitrogen and oxygen atoms in total. The topological polar surface area (TPSA) is 94.1 Å². The van der Waals surface area contributed by atoms with E-state index in [0.29, 0.717) is 48.1 Å². The van der Waals surface area contributed by atoms with Gasteiger partial charge in [-0.1, -0.05) is 17.7 Å². The third-order valence-corrected chi connectivity index (χ3v) is 6.37. The van der Waals surface area contributed by atoms with Crippen molar-refractivity contribution in [1.82, 2.24) is 10.2 Å². The van der Waals surface area contributed by atoms with Crippen molar-refractivity contribution in [2.75, 3.05) is 56.7 Å². The molecule has 3 rings (SSSR count). The van der Waals surface area contributed by atoms with Gasteiger partial charge in [0.05, 0.1) is 37.1 Å². The quantitative estimate of drug-likeness (QED) is 0.303. The highest BCUT2D eigenvalue weighted by molar-refractivity contribution is 6.31. The molecule has 1 saturated heterocycles. The van der Waals surface area contributed by atoms with Crippen LogP contribution >= 0.6 is 11.6 Å². The molecule has 3 N–H and O–H groups in total. The van der Waals surface area contributed by atoms with Gasteiger partial charge in [-0.2, -0.15) is 13.2 Å². The molecule has 2 aromatic rings. The number of benzene rings is 2. The predicted octanol–water partition coefficient (Wildman–Crippen LogP) is 3.43. The van der Waals surface area contributed by atoms with E-state index >= 15 is 0 Å². The van der Waals surface area contributed by atoms with Gasteiger partial charge in [-0.15, -0.1) is 0 Å². The van der Waals surface area contributed by atoms with E-state index < -0.39 is 42.9 Å². The standard InChI is InChI=1S/C25H29ClF4N4O4/c1-38-24(37)21(15-35)31-14-16-2-4-18(19(27)12-16)23(36)32-20-5-3-17(26)13-22(20)34-10-8-33(9-11-34)7-6-25(28,29)30/h2-5,12-13,21,31,35H,6-11,14-15H2,1H3,(H,32,36)/t21-/m0/s1. The molecule has 0 bridgehead atoms. The molecule has 2 aromatic carbocycles. The van der Waals surface area contributed by atoms with Crippen LogP contribution in [0.25, 0.3) is 0 Å². The van der Waals surface area contributed by atoms with Crippen molar-refractivity contribution in [2.24, 2.45) is 0 Å². The highest BCUT2D eigenvalue weighted by atomic mass is 35.5. The van der Waals surface area contributed by atoms with Gasteiger partial charge in [-0.3, -0.25) is 19.8 Å². The van der Waals surface area contributed by atoms with Crippen LogP contribution in [-0.2, 0) is 16.1 Å². The fourth-order valence-corrected chi connectivity index (χ4v) is 4.18. The summed E-state index contributed by atoms with van der Waals surface area (Å²) >= 11 is 6.17. The van der Waals surface area contributed by atoms with Gasteiger partial charge in [0.25, 0.3) is 5.91 Å². The van der Waals surface area contributed by atoms with Crippen molar-refractivity contribution in [2.45, 2.75) is 25.2 Å². The van der Waals surface area contributed by atoms with E-state index in [2.05, 4.69) is 15.4 Å². The number of anilines is 2. The van der Waals surface area contributed by atoms with Crippen LogP contribution in [0.1, 0.15) is 22.3 Å². The largest absolute Gasteiger partial charge is 0.468 e. The number of rotatable bonds is 10. The highest BCUT2D eigenvalue weighted by Gasteiger charge is 2.29. The van der Waals surface area contributed by atoms with Crippen LogP contribution < -0.4 is 15.5 Å². The monoisotopic (exact) mass is 560 g/mol. The molecule has 1 amide bonds. The van der Waals surface area contributed by atoms with E-state index in [1.54, 1.807) is 23.1 Å². The fraction of sp³-hybridized carbons (Fsp3) is 0.440. The zero-order chi connectivity index (χ0) is 27.9. The van der Waals surface area contributed by atoms with Gasteiger partial charge in [-0.25, -0.2) is 4.39 Å². The lowest BCUT2D eigenvalue weighted by atomic mass is 10.1. The van der Waals surface area contributed by atoms with Gasteiger partial charge in [-0.05, 0) is 35.9 Å². The molecule has 13 heteroatoms. The normalized spacial score (nSPS) is 15.3. The Morgan fingerprint density at radius 1 is 1.13 bits per heavy atom. The van der Waals surface area contributed by atoms with Crippen LogP contribution in [0, 0.1) is 5.82 Å². The van der Waals surface area contributed by atoms with E-state index in [1.165, 1.54) is 19.2 Å². The highest BCUT2D eigenvalue weighted by Crippen LogP contribution is 2.31. The number of nitrogens with one attached hydrogen (secondary N) is 2. The summed E-state index contributed by atoms with van der Waals surface area (Å²) in [5.41, 5.74) is 1.20. The summed E-state index contributed by atoms with van der Waals surface area (Å²) in [6.07, 6.45) is -5.09. The molecule has 1 atom stereocenters. The Morgan fingerprint density at radius 2 is 1.84 bits per heavy atom. The number of nitrogens with zero attached hydrogens (tertiary/aromatic N) is 2. The van der Waals surface area contributed by atoms with E-state index in [4.69, 9.17) is 11.6 Å². The molecular formula is C25H29ClF4N4O4.